The zero-order valence-corrected chi connectivity index (χ0v) is 17.0. The fourth-order valence-corrected chi connectivity index (χ4v) is 2.49. The van der Waals surface area contributed by atoms with Crippen molar-refractivity contribution < 1.29 is 41.8 Å². The van der Waals surface area contributed by atoms with Crippen molar-refractivity contribution in [2.75, 3.05) is 20.3 Å². The van der Waals surface area contributed by atoms with Gasteiger partial charge in [0.05, 0.1) is 22.1 Å². The van der Waals surface area contributed by atoms with E-state index in [1.54, 1.807) is 0 Å². The molecule has 0 saturated carbocycles. The van der Waals surface area contributed by atoms with Crippen molar-refractivity contribution in [2.24, 2.45) is 0 Å². The number of carbonyl (C=O) groups excluding carboxylic acids is 1. The van der Waals surface area contributed by atoms with Crippen molar-refractivity contribution in [3.05, 3.63) is 57.1 Å². The van der Waals surface area contributed by atoms with Gasteiger partial charge in [0.15, 0.2) is 6.10 Å². The number of rotatable bonds is 9. The number of nitro benzene ring substituents is 1. The molecule has 0 bridgehead atoms. The van der Waals surface area contributed by atoms with Gasteiger partial charge in [0.1, 0.15) is 18.1 Å². The molecular weight excluding hydrogens is 447 g/mol. The predicted molar refractivity (Wildman–Crippen MR) is 103 cm³/mol. The lowest BCUT2D eigenvalue weighted by Crippen LogP contribution is -2.27. The third kappa shape index (κ3) is 6.72. The number of alkyl halides is 3. The van der Waals surface area contributed by atoms with Crippen LogP contribution in [0.5, 0.6) is 17.2 Å². The zero-order chi connectivity index (χ0) is 23.2. The number of nitro groups is 1. The third-order valence-corrected chi connectivity index (χ3v) is 4.08. The molecule has 2 aromatic rings. The minimum absolute atomic E-state index is 0.0118. The number of benzene rings is 2. The molecule has 0 aliphatic rings. The second-order valence-electron chi connectivity index (χ2n) is 6.05. The van der Waals surface area contributed by atoms with Gasteiger partial charge in [-0.1, -0.05) is 11.6 Å². The van der Waals surface area contributed by atoms with Crippen LogP contribution in [0.2, 0.25) is 5.02 Å². The Morgan fingerprint density at radius 3 is 2.45 bits per heavy atom. The number of carbonyl (C=O) groups is 1. The molecule has 0 spiro atoms. The first-order valence-corrected chi connectivity index (χ1v) is 9.06. The van der Waals surface area contributed by atoms with Crippen molar-refractivity contribution in [1.29, 1.82) is 0 Å². The highest BCUT2D eigenvalue weighted by molar-refractivity contribution is 6.32. The maximum absolute atomic E-state index is 12.8. The van der Waals surface area contributed by atoms with E-state index in [0.29, 0.717) is 6.07 Å². The Bertz CT molecular complexity index is 953. The summed E-state index contributed by atoms with van der Waals surface area (Å²) in [5.41, 5.74) is -1.42. The fraction of sp³-hybridized carbons (Fsp3) is 0.316. The Labute approximate surface area is 179 Å². The van der Waals surface area contributed by atoms with Crippen molar-refractivity contribution in [2.45, 2.75) is 19.2 Å². The smallest absolute Gasteiger partial charge is 0.416 e. The molecule has 0 aromatic heterocycles. The normalized spacial score (nSPS) is 12.2. The van der Waals surface area contributed by atoms with E-state index in [0.717, 1.165) is 24.3 Å². The molecule has 0 heterocycles. The van der Waals surface area contributed by atoms with Crippen LogP contribution in [0.1, 0.15) is 12.5 Å². The van der Waals surface area contributed by atoms with Crippen molar-refractivity contribution in [1.82, 2.24) is 0 Å². The topological polar surface area (TPSA) is 97.1 Å². The number of esters is 1. The Hall–Kier alpha value is -3.05. The van der Waals surface area contributed by atoms with Gasteiger partial charge in [0.25, 0.3) is 0 Å². The first-order valence-electron chi connectivity index (χ1n) is 8.68. The molecule has 0 N–H and O–H groups in total. The summed E-state index contributed by atoms with van der Waals surface area (Å²) in [5, 5.41) is 10.9. The van der Waals surface area contributed by atoms with Crippen LogP contribution in [0.3, 0.4) is 0 Å². The van der Waals surface area contributed by atoms with Gasteiger partial charge in [0.2, 0.25) is 5.75 Å². The summed E-state index contributed by atoms with van der Waals surface area (Å²) in [6.07, 6.45) is -5.77. The van der Waals surface area contributed by atoms with E-state index in [1.807, 2.05) is 0 Å². The summed E-state index contributed by atoms with van der Waals surface area (Å²) in [4.78, 5) is 22.5. The molecule has 0 aliphatic heterocycles. The summed E-state index contributed by atoms with van der Waals surface area (Å²) in [6, 6.07) is 5.88. The van der Waals surface area contributed by atoms with Crippen LogP contribution >= 0.6 is 11.6 Å². The van der Waals surface area contributed by atoms with E-state index < -0.39 is 34.4 Å². The van der Waals surface area contributed by atoms with Crippen LogP contribution in [0.25, 0.3) is 0 Å². The van der Waals surface area contributed by atoms with E-state index in [1.165, 1.54) is 20.1 Å². The molecule has 31 heavy (non-hydrogen) atoms. The van der Waals surface area contributed by atoms with E-state index in [-0.39, 0.29) is 35.5 Å². The number of halogens is 4. The van der Waals surface area contributed by atoms with E-state index in [2.05, 4.69) is 0 Å². The quantitative estimate of drug-likeness (QED) is 0.223. The second-order valence-corrected chi connectivity index (χ2v) is 6.46. The summed E-state index contributed by atoms with van der Waals surface area (Å²) in [6.45, 7) is 1.47. The highest BCUT2D eigenvalue weighted by Crippen LogP contribution is 2.38. The highest BCUT2D eigenvalue weighted by Gasteiger charge is 2.31. The van der Waals surface area contributed by atoms with Gasteiger partial charge in [-0.15, -0.1) is 0 Å². The molecule has 0 saturated heterocycles. The fourth-order valence-electron chi connectivity index (χ4n) is 2.27. The minimum atomic E-state index is -4.58. The SMILES string of the molecule is COCCOC(=O)[C@@H](C)Oc1cc(Oc2ccc(C(F)(F)F)cc2Cl)ccc1[N+](=O)[O-]. The number of hydrogen-bond acceptors (Lipinski definition) is 7. The molecule has 0 aliphatic carbocycles. The van der Waals surface area contributed by atoms with Gasteiger partial charge in [0, 0.05) is 19.2 Å². The monoisotopic (exact) mass is 463 g/mol. The van der Waals surface area contributed by atoms with E-state index in [4.69, 9.17) is 30.5 Å². The number of methoxy groups -OCH3 is 1. The van der Waals surface area contributed by atoms with Gasteiger partial charge in [-0.05, 0) is 31.2 Å². The molecule has 0 unspecified atom stereocenters. The van der Waals surface area contributed by atoms with Crippen molar-refractivity contribution >= 4 is 23.3 Å². The van der Waals surface area contributed by atoms with Gasteiger partial charge < -0.3 is 18.9 Å². The van der Waals surface area contributed by atoms with E-state index in [9.17, 15) is 28.1 Å². The Kier molecular flexibility index (Phi) is 8.06. The van der Waals surface area contributed by atoms with Crippen LogP contribution in [-0.2, 0) is 20.4 Å². The van der Waals surface area contributed by atoms with Crippen LogP contribution in [0, 0.1) is 10.1 Å². The summed E-state index contributed by atoms with van der Waals surface area (Å²) in [5.74, 6) is -1.20. The standard InChI is InChI=1S/C19H17ClF3NO7/c1-11(18(25)29-8-7-28-2)30-17-10-13(4-5-15(17)24(26)27)31-16-6-3-12(9-14(16)20)19(21,22)23/h3-6,9-11H,7-8H2,1-2H3/t11-/m1/s1. The van der Waals surface area contributed by atoms with Crippen molar-refractivity contribution in [3.63, 3.8) is 0 Å². The Morgan fingerprint density at radius 2 is 1.87 bits per heavy atom. The lowest BCUT2D eigenvalue weighted by molar-refractivity contribution is -0.386. The average molecular weight is 464 g/mol. The summed E-state index contributed by atoms with van der Waals surface area (Å²) in [7, 11) is 1.42. The third-order valence-electron chi connectivity index (χ3n) is 3.78. The molecule has 168 valence electrons. The molecule has 12 heteroatoms. The molecule has 0 fully saturated rings. The molecule has 0 amide bonds. The average Bonchev–Trinajstić information content (AvgIpc) is 2.68. The van der Waals surface area contributed by atoms with Gasteiger partial charge in [-0.2, -0.15) is 13.2 Å². The first-order chi connectivity index (χ1) is 14.5. The van der Waals surface area contributed by atoms with Gasteiger partial charge >= 0.3 is 17.8 Å². The largest absolute Gasteiger partial charge is 0.472 e. The Balaban J connectivity index is 2.23. The lowest BCUT2D eigenvalue weighted by atomic mass is 10.2. The summed E-state index contributed by atoms with van der Waals surface area (Å²) >= 11 is 5.86. The molecule has 1 atom stereocenters. The number of nitrogens with zero attached hydrogens (tertiary/aromatic N) is 1. The number of ether oxygens (including phenoxy) is 4. The zero-order valence-electron chi connectivity index (χ0n) is 16.3. The molecular formula is C19H17ClF3NO7. The maximum atomic E-state index is 12.8. The van der Waals surface area contributed by atoms with Crippen molar-refractivity contribution in [3.8, 4) is 17.2 Å². The summed E-state index contributed by atoms with van der Waals surface area (Å²) < 4.78 is 58.7. The second kappa shape index (κ2) is 10.3. The van der Waals surface area contributed by atoms with Crippen LogP contribution < -0.4 is 9.47 Å². The minimum Gasteiger partial charge on any atom is -0.472 e. The van der Waals surface area contributed by atoms with Gasteiger partial charge in [-0.3, -0.25) is 10.1 Å². The lowest BCUT2D eigenvalue weighted by Gasteiger charge is -2.15. The Morgan fingerprint density at radius 1 is 1.16 bits per heavy atom. The molecule has 2 rings (SSSR count). The predicted octanol–water partition coefficient (Wildman–Crippen LogP) is 5.02. The molecule has 0 radical (unpaired) electrons. The number of hydrogen-bond donors (Lipinski definition) is 0. The molecule has 2 aromatic carbocycles. The molecule has 8 nitrogen and oxygen atoms in total. The highest BCUT2D eigenvalue weighted by atomic mass is 35.5. The maximum Gasteiger partial charge on any atom is 0.416 e. The first kappa shape index (κ1) is 24.2. The van der Waals surface area contributed by atoms with E-state index >= 15 is 0 Å². The van der Waals surface area contributed by atoms with Crippen LogP contribution in [0.15, 0.2) is 36.4 Å². The van der Waals surface area contributed by atoms with Crippen LogP contribution in [0.4, 0.5) is 18.9 Å². The van der Waals surface area contributed by atoms with Gasteiger partial charge in [-0.25, -0.2) is 4.79 Å². The van der Waals surface area contributed by atoms with Crippen LogP contribution in [-0.4, -0.2) is 37.3 Å².